The summed E-state index contributed by atoms with van der Waals surface area (Å²) in [6.07, 6.45) is 1.90. The normalized spacial score (nSPS) is 19.4. The highest BCUT2D eigenvalue weighted by atomic mass is 19.1. The molecule has 0 radical (unpaired) electrons. The van der Waals surface area contributed by atoms with Gasteiger partial charge < -0.3 is 10.5 Å². The van der Waals surface area contributed by atoms with Crippen LogP contribution in [0.2, 0.25) is 0 Å². The van der Waals surface area contributed by atoms with Crippen LogP contribution in [0, 0.1) is 5.82 Å². The third-order valence-corrected chi connectivity index (χ3v) is 2.54. The van der Waals surface area contributed by atoms with E-state index in [-0.39, 0.29) is 11.9 Å². The fourth-order valence-corrected chi connectivity index (χ4v) is 1.67. The second kappa shape index (κ2) is 5.07. The molecule has 1 heterocycles. The van der Waals surface area contributed by atoms with E-state index < -0.39 is 0 Å². The van der Waals surface area contributed by atoms with Crippen LogP contribution in [0.25, 0.3) is 0 Å². The van der Waals surface area contributed by atoms with Gasteiger partial charge in [0.2, 0.25) is 5.90 Å². The molecule has 0 amide bonds. The number of nitrogens with two attached hydrogens (primary N) is 1. The third-order valence-electron chi connectivity index (χ3n) is 2.54. The van der Waals surface area contributed by atoms with Crippen LogP contribution in [0.4, 0.5) is 4.39 Å². The van der Waals surface area contributed by atoms with Gasteiger partial charge in [-0.25, -0.2) is 9.38 Å². The molecular weight excluding hydrogens is 207 g/mol. The van der Waals surface area contributed by atoms with Crippen molar-refractivity contribution in [1.29, 1.82) is 0 Å². The molecule has 0 fully saturated rings. The lowest BCUT2D eigenvalue weighted by Crippen LogP contribution is -2.09. The Kier molecular flexibility index (Phi) is 3.51. The highest BCUT2D eigenvalue weighted by molar-refractivity contribution is 5.95. The monoisotopic (exact) mass is 222 g/mol. The summed E-state index contributed by atoms with van der Waals surface area (Å²) in [6, 6.07) is 6.38. The van der Waals surface area contributed by atoms with Crippen LogP contribution in [-0.2, 0) is 4.74 Å². The SMILES string of the molecule is NCCCC1COC(c2ccc(F)cc2)=N1. The molecular formula is C12H15FN2O. The van der Waals surface area contributed by atoms with E-state index in [0.29, 0.717) is 19.0 Å². The molecule has 86 valence electrons. The lowest BCUT2D eigenvalue weighted by molar-refractivity contribution is 0.311. The van der Waals surface area contributed by atoms with Crippen molar-refractivity contribution >= 4 is 5.90 Å². The van der Waals surface area contributed by atoms with E-state index in [1.807, 2.05) is 0 Å². The van der Waals surface area contributed by atoms with Crippen LogP contribution >= 0.6 is 0 Å². The van der Waals surface area contributed by atoms with Gasteiger partial charge in [-0.3, -0.25) is 0 Å². The number of nitrogens with zero attached hydrogens (tertiary/aromatic N) is 1. The van der Waals surface area contributed by atoms with Gasteiger partial charge in [0, 0.05) is 5.56 Å². The quantitative estimate of drug-likeness (QED) is 0.843. The number of hydrogen-bond acceptors (Lipinski definition) is 3. The smallest absolute Gasteiger partial charge is 0.216 e. The zero-order chi connectivity index (χ0) is 11.4. The fourth-order valence-electron chi connectivity index (χ4n) is 1.67. The lowest BCUT2D eigenvalue weighted by atomic mass is 10.2. The molecule has 1 aromatic rings. The molecule has 0 saturated heterocycles. The maximum atomic E-state index is 12.7. The van der Waals surface area contributed by atoms with Crippen molar-refractivity contribution in [2.24, 2.45) is 10.7 Å². The summed E-state index contributed by atoms with van der Waals surface area (Å²) in [5.41, 5.74) is 6.27. The largest absolute Gasteiger partial charge is 0.475 e. The number of ether oxygens (including phenoxy) is 1. The van der Waals surface area contributed by atoms with E-state index in [2.05, 4.69) is 4.99 Å². The number of aliphatic imine (C=N–C) groups is 1. The summed E-state index contributed by atoms with van der Waals surface area (Å²) in [4.78, 5) is 4.44. The van der Waals surface area contributed by atoms with Gasteiger partial charge in [-0.2, -0.15) is 0 Å². The van der Waals surface area contributed by atoms with Gasteiger partial charge in [0.15, 0.2) is 0 Å². The number of rotatable bonds is 4. The minimum atomic E-state index is -0.248. The van der Waals surface area contributed by atoms with Crippen molar-refractivity contribution in [3.8, 4) is 0 Å². The number of halogens is 1. The van der Waals surface area contributed by atoms with Gasteiger partial charge >= 0.3 is 0 Å². The predicted octanol–water partition coefficient (Wildman–Crippen LogP) is 1.71. The van der Waals surface area contributed by atoms with Crippen molar-refractivity contribution < 1.29 is 9.13 Å². The first-order valence-electron chi connectivity index (χ1n) is 5.46. The Balaban J connectivity index is 2.03. The first-order valence-corrected chi connectivity index (χ1v) is 5.46. The first-order chi connectivity index (χ1) is 7.79. The third kappa shape index (κ3) is 2.58. The van der Waals surface area contributed by atoms with Gasteiger partial charge in [-0.05, 0) is 43.7 Å². The molecule has 16 heavy (non-hydrogen) atoms. The second-order valence-corrected chi connectivity index (χ2v) is 3.84. The molecule has 0 saturated carbocycles. The molecule has 0 bridgehead atoms. The summed E-state index contributed by atoms with van der Waals surface area (Å²) in [5.74, 6) is 0.365. The first kappa shape index (κ1) is 11.1. The van der Waals surface area contributed by atoms with Gasteiger partial charge in [-0.15, -0.1) is 0 Å². The van der Waals surface area contributed by atoms with E-state index >= 15 is 0 Å². The lowest BCUT2D eigenvalue weighted by Gasteiger charge is -2.01. The molecule has 1 aliphatic heterocycles. The molecule has 0 spiro atoms. The van der Waals surface area contributed by atoms with Crippen LogP contribution < -0.4 is 5.73 Å². The average molecular weight is 222 g/mol. The average Bonchev–Trinajstić information content (AvgIpc) is 2.76. The van der Waals surface area contributed by atoms with Crippen LogP contribution in [0.5, 0.6) is 0 Å². The summed E-state index contributed by atoms with van der Waals surface area (Å²) >= 11 is 0. The van der Waals surface area contributed by atoms with Crippen LogP contribution in [0.1, 0.15) is 18.4 Å². The van der Waals surface area contributed by atoms with Crippen LogP contribution in [0.15, 0.2) is 29.3 Å². The molecule has 4 heteroatoms. The van der Waals surface area contributed by atoms with Crippen molar-refractivity contribution in [3.05, 3.63) is 35.6 Å². The minimum Gasteiger partial charge on any atom is -0.475 e. The molecule has 1 aliphatic rings. The predicted molar refractivity (Wildman–Crippen MR) is 61.0 cm³/mol. The number of benzene rings is 1. The molecule has 1 aromatic carbocycles. The molecule has 3 nitrogen and oxygen atoms in total. The highest BCUT2D eigenvalue weighted by Crippen LogP contribution is 2.15. The van der Waals surface area contributed by atoms with E-state index in [9.17, 15) is 4.39 Å². The Hall–Kier alpha value is -1.42. The number of hydrogen-bond donors (Lipinski definition) is 1. The van der Waals surface area contributed by atoms with Gasteiger partial charge in [0.1, 0.15) is 12.4 Å². The second-order valence-electron chi connectivity index (χ2n) is 3.84. The molecule has 2 N–H and O–H groups in total. The van der Waals surface area contributed by atoms with E-state index in [4.69, 9.17) is 10.5 Å². The Bertz CT molecular complexity index is 375. The van der Waals surface area contributed by atoms with E-state index in [1.165, 1.54) is 12.1 Å². The molecule has 0 aliphatic carbocycles. The van der Waals surface area contributed by atoms with Crippen molar-refractivity contribution in [2.45, 2.75) is 18.9 Å². The maximum absolute atomic E-state index is 12.7. The van der Waals surface area contributed by atoms with Crippen molar-refractivity contribution in [1.82, 2.24) is 0 Å². The Morgan fingerprint density at radius 1 is 1.38 bits per heavy atom. The Morgan fingerprint density at radius 2 is 2.12 bits per heavy atom. The molecule has 1 atom stereocenters. The fraction of sp³-hybridized carbons (Fsp3) is 0.417. The Labute approximate surface area is 94.1 Å². The molecule has 2 rings (SSSR count). The molecule has 1 unspecified atom stereocenters. The highest BCUT2D eigenvalue weighted by Gasteiger charge is 2.19. The molecule has 0 aromatic heterocycles. The Morgan fingerprint density at radius 3 is 2.81 bits per heavy atom. The van der Waals surface area contributed by atoms with Gasteiger partial charge in [-0.1, -0.05) is 0 Å². The van der Waals surface area contributed by atoms with E-state index in [0.717, 1.165) is 18.4 Å². The zero-order valence-electron chi connectivity index (χ0n) is 9.03. The zero-order valence-corrected chi connectivity index (χ0v) is 9.03. The topological polar surface area (TPSA) is 47.6 Å². The van der Waals surface area contributed by atoms with Gasteiger partial charge in [0.25, 0.3) is 0 Å². The van der Waals surface area contributed by atoms with Crippen molar-refractivity contribution in [2.75, 3.05) is 13.2 Å². The van der Waals surface area contributed by atoms with Crippen LogP contribution in [0.3, 0.4) is 0 Å². The van der Waals surface area contributed by atoms with Crippen LogP contribution in [-0.4, -0.2) is 25.1 Å². The van der Waals surface area contributed by atoms with Gasteiger partial charge in [0.05, 0.1) is 6.04 Å². The standard InChI is InChI=1S/C12H15FN2O/c13-10-5-3-9(4-6-10)12-15-11(8-16-12)2-1-7-14/h3-6,11H,1-2,7-8,14H2. The summed E-state index contributed by atoms with van der Waals surface area (Å²) in [5, 5.41) is 0. The van der Waals surface area contributed by atoms with Crippen molar-refractivity contribution in [3.63, 3.8) is 0 Å². The summed E-state index contributed by atoms with van der Waals surface area (Å²) in [7, 11) is 0. The maximum Gasteiger partial charge on any atom is 0.216 e. The van der Waals surface area contributed by atoms with E-state index in [1.54, 1.807) is 12.1 Å². The summed E-state index contributed by atoms with van der Waals surface area (Å²) in [6.45, 7) is 1.28. The minimum absolute atomic E-state index is 0.198. The summed E-state index contributed by atoms with van der Waals surface area (Å²) < 4.78 is 18.2.